The maximum absolute atomic E-state index is 12.3. The molecule has 1 aromatic carbocycles. The SMILES string of the molecule is CC(C)Cc1ccc(S(=O)(=O)N(CCO)CCO)cc1. The first-order valence-electron chi connectivity index (χ1n) is 6.72. The zero-order valence-corrected chi connectivity index (χ0v) is 12.8. The summed E-state index contributed by atoms with van der Waals surface area (Å²) in [6.45, 7) is 3.63. The number of aliphatic hydroxyl groups excluding tert-OH is 2. The van der Waals surface area contributed by atoms with Crippen molar-refractivity contribution in [3.8, 4) is 0 Å². The predicted molar refractivity (Wildman–Crippen MR) is 77.9 cm³/mol. The Morgan fingerprint density at radius 2 is 1.55 bits per heavy atom. The van der Waals surface area contributed by atoms with E-state index in [0.29, 0.717) is 5.92 Å². The Morgan fingerprint density at radius 1 is 1.05 bits per heavy atom. The van der Waals surface area contributed by atoms with E-state index < -0.39 is 10.0 Å². The molecule has 0 saturated carbocycles. The highest BCUT2D eigenvalue weighted by Crippen LogP contribution is 2.17. The highest BCUT2D eigenvalue weighted by Gasteiger charge is 2.23. The maximum Gasteiger partial charge on any atom is 0.243 e. The first kappa shape index (κ1) is 17.1. The number of aliphatic hydroxyl groups is 2. The Kier molecular flexibility index (Phi) is 6.61. The van der Waals surface area contributed by atoms with Crippen LogP contribution in [0.15, 0.2) is 29.2 Å². The van der Waals surface area contributed by atoms with Crippen molar-refractivity contribution in [1.29, 1.82) is 0 Å². The van der Waals surface area contributed by atoms with Gasteiger partial charge in [-0.15, -0.1) is 0 Å². The van der Waals surface area contributed by atoms with Gasteiger partial charge in [0.2, 0.25) is 10.0 Å². The lowest BCUT2D eigenvalue weighted by molar-refractivity contribution is 0.217. The first-order chi connectivity index (χ1) is 9.41. The van der Waals surface area contributed by atoms with Crippen molar-refractivity contribution in [2.45, 2.75) is 25.2 Å². The van der Waals surface area contributed by atoms with Crippen LogP contribution in [0.4, 0.5) is 0 Å². The molecule has 1 aromatic rings. The van der Waals surface area contributed by atoms with E-state index in [0.717, 1.165) is 16.3 Å². The zero-order chi connectivity index (χ0) is 15.2. The molecular weight excluding hydrogens is 278 g/mol. The van der Waals surface area contributed by atoms with Gasteiger partial charge in [0.15, 0.2) is 0 Å². The molecule has 114 valence electrons. The van der Waals surface area contributed by atoms with Crippen molar-refractivity contribution in [3.63, 3.8) is 0 Å². The summed E-state index contributed by atoms with van der Waals surface area (Å²) in [4.78, 5) is 0.187. The van der Waals surface area contributed by atoms with Crippen LogP contribution < -0.4 is 0 Å². The zero-order valence-electron chi connectivity index (χ0n) is 12.0. The fourth-order valence-corrected chi connectivity index (χ4v) is 3.42. The molecule has 5 nitrogen and oxygen atoms in total. The Hall–Kier alpha value is -0.950. The van der Waals surface area contributed by atoms with Gasteiger partial charge >= 0.3 is 0 Å². The van der Waals surface area contributed by atoms with Crippen molar-refractivity contribution in [2.24, 2.45) is 5.92 Å². The molecule has 0 unspecified atom stereocenters. The van der Waals surface area contributed by atoms with Crippen LogP contribution in [0.25, 0.3) is 0 Å². The smallest absolute Gasteiger partial charge is 0.243 e. The number of rotatable bonds is 8. The fourth-order valence-electron chi connectivity index (χ4n) is 1.99. The number of benzene rings is 1. The van der Waals surface area contributed by atoms with Crippen LogP contribution in [-0.2, 0) is 16.4 Å². The normalized spacial score (nSPS) is 12.3. The molecule has 1 rings (SSSR count). The molecule has 0 saturated heterocycles. The van der Waals surface area contributed by atoms with Crippen LogP contribution in [0.2, 0.25) is 0 Å². The second-order valence-electron chi connectivity index (χ2n) is 5.09. The quantitative estimate of drug-likeness (QED) is 0.746. The number of nitrogens with zero attached hydrogens (tertiary/aromatic N) is 1. The van der Waals surface area contributed by atoms with Gasteiger partial charge < -0.3 is 10.2 Å². The van der Waals surface area contributed by atoms with Crippen LogP contribution in [-0.4, -0.2) is 49.2 Å². The third-order valence-corrected chi connectivity index (χ3v) is 4.82. The number of hydrogen-bond acceptors (Lipinski definition) is 4. The van der Waals surface area contributed by atoms with Crippen LogP contribution in [0.3, 0.4) is 0 Å². The van der Waals surface area contributed by atoms with E-state index in [9.17, 15) is 8.42 Å². The molecule has 6 heteroatoms. The van der Waals surface area contributed by atoms with Crippen molar-refractivity contribution in [1.82, 2.24) is 4.31 Å². The Morgan fingerprint density at radius 3 is 1.95 bits per heavy atom. The second kappa shape index (κ2) is 7.73. The maximum atomic E-state index is 12.3. The van der Waals surface area contributed by atoms with Crippen molar-refractivity contribution in [2.75, 3.05) is 26.3 Å². The molecule has 0 atom stereocenters. The van der Waals surface area contributed by atoms with Crippen LogP contribution in [0, 0.1) is 5.92 Å². The van der Waals surface area contributed by atoms with Crippen molar-refractivity contribution < 1.29 is 18.6 Å². The number of sulfonamides is 1. The summed E-state index contributed by atoms with van der Waals surface area (Å²) < 4.78 is 25.8. The van der Waals surface area contributed by atoms with Crippen LogP contribution >= 0.6 is 0 Å². The van der Waals surface area contributed by atoms with Crippen LogP contribution in [0.1, 0.15) is 19.4 Å². The van der Waals surface area contributed by atoms with Gasteiger partial charge in [-0.3, -0.25) is 0 Å². The average molecular weight is 301 g/mol. The van der Waals surface area contributed by atoms with Gasteiger partial charge in [0.1, 0.15) is 0 Å². The van der Waals surface area contributed by atoms with Gasteiger partial charge in [-0.1, -0.05) is 26.0 Å². The summed E-state index contributed by atoms with van der Waals surface area (Å²) in [6.07, 6.45) is 0.900. The summed E-state index contributed by atoms with van der Waals surface area (Å²) in [5, 5.41) is 17.9. The molecule has 0 aliphatic carbocycles. The molecule has 20 heavy (non-hydrogen) atoms. The van der Waals surface area contributed by atoms with Crippen molar-refractivity contribution in [3.05, 3.63) is 29.8 Å². The standard InChI is InChI=1S/C14H23NO4S/c1-12(2)11-13-3-5-14(6-4-13)20(18,19)15(7-9-16)8-10-17/h3-6,12,16-17H,7-11H2,1-2H3. The largest absolute Gasteiger partial charge is 0.395 e. The molecule has 0 aliphatic heterocycles. The van der Waals surface area contributed by atoms with E-state index in [1.807, 2.05) is 12.1 Å². The van der Waals surface area contributed by atoms with Crippen molar-refractivity contribution >= 4 is 10.0 Å². The molecule has 2 N–H and O–H groups in total. The minimum atomic E-state index is -3.66. The van der Waals surface area contributed by atoms with E-state index in [1.54, 1.807) is 12.1 Å². The van der Waals surface area contributed by atoms with Gasteiger partial charge in [0.05, 0.1) is 18.1 Å². The fraction of sp³-hybridized carbons (Fsp3) is 0.571. The Labute approximate surface area is 120 Å². The first-order valence-corrected chi connectivity index (χ1v) is 8.16. The molecular formula is C14H23NO4S. The minimum absolute atomic E-state index is 0.0172. The number of hydrogen-bond donors (Lipinski definition) is 2. The summed E-state index contributed by atoms with van der Waals surface area (Å²) in [6, 6.07) is 6.77. The van der Waals surface area contributed by atoms with Gasteiger partial charge in [-0.05, 0) is 30.0 Å². The van der Waals surface area contributed by atoms with E-state index in [-0.39, 0.29) is 31.2 Å². The van der Waals surface area contributed by atoms with Gasteiger partial charge in [-0.2, -0.15) is 4.31 Å². The van der Waals surface area contributed by atoms with Gasteiger partial charge in [0, 0.05) is 13.1 Å². The molecule has 0 amide bonds. The summed E-state index contributed by atoms with van der Waals surface area (Å²) in [7, 11) is -3.66. The minimum Gasteiger partial charge on any atom is -0.395 e. The molecule has 0 aliphatic rings. The third-order valence-electron chi connectivity index (χ3n) is 2.90. The molecule has 0 bridgehead atoms. The van der Waals surface area contributed by atoms with Crippen LogP contribution in [0.5, 0.6) is 0 Å². The van der Waals surface area contributed by atoms with E-state index in [4.69, 9.17) is 10.2 Å². The summed E-state index contributed by atoms with van der Waals surface area (Å²) in [5.41, 5.74) is 1.09. The molecule has 0 radical (unpaired) electrons. The highest BCUT2D eigenvalue weighted by molar-refractivity contribution is 7.89. The average Bonchev–Trinajstić information content (AvgIpc) is 2.38. The Balaban J connectivity index is 2.96. The summed E-state index contributed by atoms with van der Waals surface area (Å²) in [5.74, 6) is 0.512. The second-order valence-corrected chi connectivity index (χ2v) is 7.03. The lowest BCUT2D eigenvalue weighted by Gasteiger charge is -2.20. The molecule has 0 spiro atoms. The van der Waals surface area contributed by atoms with Gasteiger partial charge in [-0.25, -0.2) is 8.42 Å². The topological polar surface area (TPSA) is 77.8 Å². The monoisotopic (exact) mass is 301 g/mol. The molecule has 0 fully saturated rings. The predicted octanol–water partition coefficient (Wildman–Crippen LogP) is 0.860. The van der Waals surface area contributed by atoms with Gasteiger partial charge in [0.25, 0.3) is 0 Å². The molecule has 0 heterocycles. The molecule has 0 aromatic heterocycles. The summed E-state index contributed by atoms with van der Waals surface area (Å²) >= 11 is 0. The third kappa shape index (κ3) is 4.56. The highest BCUT2D eigenvalue weighted by atomic mass is 32.2. The lowest BCUT2D eigenvalue weighted by Crippen LogP contribution is -2.35. The lowest BCUT2D eigenvalue weighted by atomic mass is 10.0. The van der Waals surface area contributed by atoms with E-state index in [2.05, 4.69) is 13.8 Å². The van der Waals surface area contributed by atoms with E-state index in [1.165, 1.54) is 0 Å². The Bertz CT molecular complexity index is 490. The van der Waals surface area contributed by atoms with E-state index >= 15 is 0 Å².